The van der Waals surface area contributed by atoms with Gasteiger partial charge in [0.15, 0.2) is 0 Å². The molecule has 0 heterocycles. The molecule has 0 spiro atoms. The largest absolute Gasteiger partial charge is 0.389 e. The topological polar surface area (TPSA) is 35.5 Å². The van der Waals surface area contributed by atoms with Gasteiger partial charge in [0, 0.05) is 19.6 Å². The number of hydrogen-bond acceptors (Lipinski definition) is 3. The Morgan fingerprint density at radius 1 is 1.06 bits per heavy atom. The quantitative estimate of drug-likeness (QED) is 0.517. The van der Waals surface area contributed by atoms with Crippen molar-refractivity contribution in [2.24, 2.45) is 0 Å². The van der Waals surface area contributed by atoms with Crippen molar-refractivity contribution in [3.63, 3.8) is 0 Å². The Morgan fingerprint density at radius 2 is 1.72 bits per heavy atom. The summed E-state index contributed by atoms with van der Waals surface area (Å²) in [5.74, 6) is 0. The second kappa shape index (κ2) is 8.89. The normalized spacial score (nSPS) is 20.0. The molecule has 108 valence electrons. The Labute approximate surface area is 113 Å². The molecule has 0 atom stereocenters. The second-order valence-corrected chi connectivity index (χ2v) is 5.75. The van der Waals surface area contributed by atoms with Gasteiger partial charge in [0.25, 0.3) is 0 Å². The fraction of sp³-hybridized carbons (Fsp3) is 1.00. The lowest BCUT2D eigenvalue weighted by Gasteiger charge is -2.28. The predicted molar refractivity (Wildman–Crippen MR) is 77.9 cm³/mol. The molecule has 0 aliphatic heterocycles. The minimum Gasteiger partial charge on any atom is -0.389 e. The van der Waals surface area contributed by atoms with E-state index in [9.17, 15) is 5.11 Å². The number of likely N-dealkylation sites (N-methyl/N-ethyl adjacent to an activating group) is 1. The maximum atomic E-state index is 10.5. The molecule has 1 aliphatic rings. The molecular formula is C15H32N2O. The highest BCUT2D eigenvalue weighted by molar-refractivity contribution is 4.83. The highest BCUT2D eigenvalue weighted by Crippen LogP contribution is 2.26. The lowest BCUT2D eigenvalue weighted by molar-refractivity contribution is 0.0250. The third kappa shape index (κ3) is 6.17. The average molecular weight is 256 g/mol. The van der Waals surface area contributed by atoms with Crippen molar-refractivity contribution in [1.29, 1.82) is 0 Å². The molecule has 0 saturated heterocycles. The Hall–Kier alpha value is -0.120. The van der Waals surface area contributed by atoms with Gasteiger partial charge in [0.1, 0.15) is 0 Å². The van der Waals surface area contributed by atoms with Crippen LogP contribution in [0.5, 0.6) is 0 Å². The molecule has 18 heavy (non-hydrogen) atoms. The first kappa shape index (κ1) is 15.9. The van der Waals surface area contributed by atoms with Gasteiger partial charge < -0.3 is 15.3 Å². The minimum atomic E-state index is -0.432. The third-order valence-corrected chi connectivity index (χ3v) is 4.08. The second-order valence-electron chi connectivity index (χ2n) is 5.75. The molecule has 3 heteroatoms. The van der Waals surface area contributed by atoms with Crippen molar-refractivity contribution in [2.45, 2.75) is 64.4 Å². The molecule has 1 aliphatic carbocycles. The van der Waals surface area contributed by atoms with Crippen LogP contribution < -0.4 is 5.32 Å². The summed E-state index contributed by atoms with van der Waals surface area (Å²) in [5, 5.41) is 14.0. The molecule has 0 aromatic carbocycles. The van der Waals surface area contributed by atoms with Crippen molar-refractivity contribution in [3.05, 3.63) is 0 Å². The molecule has 1 rings (SSSR count). The van der Waals surface area contributed by atoms with Crippen LogP contribution in [-0.4, -0.2) is 48.3 Å². The Kier molecular flexibility index (Phi) is 7.87. The highest BCUT2D eigenvalue weighted by atomic mass is 16.3. The molecule has 0 bridgehead atoms. The zero-order valence-electron chi connectivity index (χ0n) is 12.4. The van der Waals surface area contributed by atoms with Crippen LogP contribution in [0.3, 0.4) is 0 Å². The van der Waals surface area contributed by atoms with Crippen molar-refractivity contribution in [3.8, 4) is 0 Å². The smallest absolute Gasteiger partial charge is 0.0771 e. The van der Waals surface area contributed by atoms with E-state index in [1.54, 1.807) is 0 Å². The fourth-order valence-electron chi connectivity index (χ4n) is 2.87. The number of nitrogens with one attached hydrogen (secondary N) is 1. The third-order valence-electron chi connectivity index (χ3n) is 4.08. The van der Waals surface area contributed by atoms with Gasteiger partial charge in [-0.3, -0.25) is 0 Å². The lowest BCUT2D eigenvalue weighted by atomic mass is 9.94. The van der Waals surface area contributed by atoms with Gasteiger partial charge in [0.05, 0.1) is 5.60 Å². The lowest BCUT2D eigenvalue weighted by Crippen LogP contribution is -2.42. The summed E-state index contributed by atoms with van der Waals surface area (Å²) in [4.78, 5) is 2.46. The molecule has 0 aromatic rings. The number of hydrogen-bond donors (Lipinski definition) is 2. The van der Waals surface area contributed by atoms with Gasteiger partial charge in [-0.15, -0.1) is 0 Å². The van der Waals surface area contributed by atoms with Crippen LogP contribution in [0.25, 0.3) is 0 Å². The molecule has 3 nitrogen and oxygen atoms in total. The van der Waals surface area contributed by atoms with Gasteiger partial charge >= 0.3 is 0 Å². The maximum absolute atomic E-state index is 10.5. The van der Waals surface area contributed by atoms with Crippen molar-refractivity contribution in [1.82, 2.24) is 10.2 Å². The molecule has 0 radical (unpaired) electrons. The van der Waals surface area contributed by atoms with Crippen LogP contribution in [0.1, 0.15) is 58.8 Å². The van der Waals surface area contributed by atoms with E-state index < -0.39 is 5.60 Å². The molecule has 0 unspecified atom stereocenters. The summed E-state index contributed by atoms with van der Waals surface area (Å²) >= 11 is 0. The van der Waals surface area contributed by atoms with Gasteiger partial charge in [0.2, 0.25) is 0 Å². The van der Waals surface area contributed by atoms with Gasteiger partial charge in [-0.25, -0.2) is 0 Å². The summed E-state index contributed by atoms with van der Waals surface area (Å²) in [6.45, 7) is 9.62. The summed E-state index contributed by atoms with van der Waals surface area (Å²) in [6, 6.07) is 0. The van der Waals surface area contributed by atoms with Crippen LogP contribution in [0.2, 0.25) is 0 Å². The molecule has 1 fully saturated rings. The van der Waals surface area contributed by atoms with Crippen LogP contribution in [-0.2, 0) is 0 Å². The van der Waals surface area contributed by atoms with Gasteiger partial charge in [-0.05, 0) is 32.4 Å². The fourth-order valence-corrected chi connectivity index (χ4v) is 2.87. The molecular weight excluding hydrogens is 224 g/mol. The first-order chi connectivity index (χ1) is 8.70. The van der Waals surface area contributed by atoms with E-state index in [1.807, 2.05) is 0 Å². The first-order valence-corrected chi connectivity index (χ1v) is 7.85. The van der Waals surface area contributed by atoms with Crippen LogP contribution in [0, 0.1) is 0 Å². The van der Waals surface area contributed by atoms with E-state index in [4.69, 9.17) is 0 Å². The van der Waals surface area contributed by atoms with E-state index in [1.165, 1.54) is 38.6 Å². The number of rotatable bonds is 8. The van der Waals surface area contributed by atoms with E-state index in [0.717, 1.165) is 39.0 Å². The zero-order valence-corrected chi connectivity index (χ0v) is 12.4. The monoisotopic (exact) mass is 256 g/mol. The standard InChI is InChI=1S/C15H32N2O/c1-3-12-17(4-2)13-11-16-14-15(18)9-7-5-6-8-10-15/h16,18H,3-14H2,1-2H3. The molecule has 2 N–H and O–H groups in total. The van der Waals surface area contributed by atoms with E-state index in [0.29, 0.717) is 0 Å². The molecule has 0 amide bonds. The Bertz CT molecular complexity index is 201. The SMILES string of the molecule is CCCN(CC)CCNCC1(O)CCCCCC1. The van der Waals surface area contributed by atoms with Crippen molar-refractivity contribution >= 4 is 0 Å². The van der Waals surface area contributed by atoms with Crippen LogP contribution in [0.4, 0.5) is 0 Å². The van der Waals surface area contributed by atoms with E-state index in [2.05, 4.69) is 24.1 Å². The van der Waals surface area contributed by atoms with E-state index >= 15 is 0 Å². The van der Waals surface area contributed by atoms with Gasteiger partial charge in [-0.2, -0.15) is 0 Å². The summed E-state index contributed by atoms with van der Waals surface area (Å²) in [5.41, 5.74) is -0.432. The minimum absolute atomic E-state index is 0.432. The Morgan fingerprint density at radius 3 is 2.28 bits per heavy atom. The van der Waals surface area contributed by atoms with Crippen molar-refractivity contribution < 1.29 is 5.11 Å². The highest BCUT2D eigenvalue weighted by Gasteiger charge is 2.27. The van der Waals surface area contributed by atoms with Crippen LogP contribution in [0.15, 0.2) is 0 Å². The number of nitrogens with zero attached hydrogens (tertiary/aromatic N) is 1. The zero-order chi connectivity index (χ0) is 13.3. The summed E-state index contributed by atoms with van der Waals surface area (Å²) in [7, 11) is 0. The molecule has 0 aromatic heterocycles. The average Bonchev–Trinajstić information content (AvgIpc) is 2.58. The van der Waals surface area contributed by atoms with Crippen LogP contribution >= 0.6 is 0 Å². The Balaban J connectivity index is 2.15. The number of aliphatic hydroxyl groups is 1. The molecule has 1 saturated carbocycles. The first-order valence-electron chi connectivity index (χ1n) is 7.85. The summed E-state index contributed by atoms with van der Waals surface area (Å²) in [6.07, 6.45) is 8.14. The predicted octanol–water partition coefficient (Wildman–Crippen LogP) is 2.39. The van der Waals surface area contributed by atoms with Crippen molar-refractivity contribution in [2.75, 3.05) is 32.7 Å². The summed E-state index contributed by atoms with van der Waals surface area (Å²) < 4.78 is 0. The maximum Gasteiger partial charge on any atom is 0.0771 e. The van der Waals surface area contributed by atoms with E-state index in [-0.39, 0.29) is 0 Å². The van der Waals surface area contributed by atoms with Gasteiger partial charge in [-0.1, -0.05) is 39.5 Å².